The van der Waals surface area contributed by atoms with E-state index in [-0.39, 0.29) is 0 Å². The maximum absolute atomic E-state index is 4.24. The molecule has 1 atom stereocenters. The molecule has 0 saturated heterocycles. The van der Waals surface area contributed by atoms with Crippen molar-refractivity contribution in [3.05, 3.63) is 46.3 Å². The molecule has 0 aromatic carbocycles. The SMILES string of the molecule is CNc1cc(CN(C)C(C)Cc2cccs2)ccn1. The number of hydrogen-bond donors (Lipinski definition) is 1. The molecule has 0 fully saturated rings. The Morgan fingerprint density at radius 3 is 2.95 bits per heavy atom. The highest BCUT2D eigenvalue weighted by Gasteiger charge is 2.11. The number of aromatic nitrogens is 1. The molecule has 0 aliphatic carbocycles. The minimum atomic E-state index is 0.532. The van der Waals surface area contributed by atoms with Gasteiger partial charge in [-0.15, -0.1) is 11.3 Å². The van der Waals surface area contributed by atoms with Crippen LogP contribution in [0.15, 0.2) is 35.8 Å². The molecular weight excluding hydrogens is 254 g/mol. The first-order valence-electron chi connectivity index (χ1n) is 6.54. The van der Waals surface area contributed by atoms with Crippen LogP contribution in [-0.4, -0.2) is 30.0 Å². The van der Waals surface area contributed by atoms with Crippen LogP contribution in [0.1, 0.15) is 17.4 Å². The maximum atomic E-state index is 4.24. The minimum Gasteiger partial charge on any atom is -0.373 e. The van der Waals surface area contributed by atoms with Crippen LogP contribution in [0.3, 0.4) is 0 Å². The van der Waals surface area contributed by atoms with Crippen molar-refractivity contribution in [1.29, 1.82) is 0 Å². The monoisotopic (exact) mass is 275 g/mol. The van der Waals surface area contributed by atoms with Crippen molar-refractivity contribution in [3.8, 4) is 0 Å². The molecule has 102 valence electrons. The third-order valence-electron chi connectivity index (χ3n) is 3.34. The molecule has 3 nitrogen and oxygen atoms in total. The topological polar surface area (TPSA) is 28.2 Å². The van der Waals surface area contributed by atoms with E-state index in [0.29, 0.717) is 6.04 Å². The second kappa shape index (κ2) is 6.68. The van der Waals surface area contributed by atoms with E-state index >= 15 is 0 Å². The van der Waals surface area contributed by atoms with Gasteiger partial charge in [0.15, 0.2) is 0 Å². The molecule has 19 heavy (non-hydrogen) atoms. The molecular formula is C15H21N3S. The molecule has 2 rings (SSSR count). The van der Waals surface area contributed by atoms with Crippen LogP contribution in [-0.2, 0) is 13.0 Å². The highest BCUT2D eigenvalue weighted by atomic mass is 32.1. The second-order valence-electron chi connectivity index (χ2n) is 4.85. The Balaban J connectivity index is 1.93. The average molecular weight is 275 g/mol. The van der Waals surface area contributed by atoms with E-state index in [9.17, 15) is 0 Å². The summed E-state index contributed by atoms with van der Waals surface area (Å²) < 4.78 is 0. The summed E-state index contributed by atoms with van der Waals surface area (Å²) in [4.78, 5) is 8.08. The van der Waals surface area contributed by atoms with Gasteiger partial charge in [0.05, 0.1) is 0 Å². The Labute approximate surface area is 119 Å². The van der Waals surface area contributed by atoms with Gasteiger partial charge in [0.25, 0.3) is 0 Å². The van der Waals surface area contributed by atoms with Crippen LogP contribution >= 0.6 is 11.3 Å². The van der Waals surface area contributed by atoms with E-state index in [4.69, 9.17) is 0 Å². The van der Waals surface area contributed by atoms with Crippen LogP contribution < -0.4 is 5.32 Å². The lowest BCUT2D eigenvalue weighted by atomic mass is 10.1. The first kappa shape index (κ1) is 14.0. The number of hydrogen-bond acceptors (Lipinski definition) is 4. The van der Waals surface area contributed by atoms with E-state index in [0.717, 1.165) is 18.8 Å². The van der Waals surface area contributed by atoms with Crippen LogP contribution in [0, 0.1) is 0 Å². The lowest BCUT2D eigenvalue weighted by Crippen LogP contribution is -2.30. The minimum absolute atomic E-state index is 0.532. The fourth-order valence-electron chi connectivity index (χ4n) is 2.03. The van der Waals surface area contributed by atoms with Gasteiger partial charge in [0, 0.05) is 30.7 Å². The van der Waals surface area contributed by atoms with Crippen LogP contribution in [0.4, 0.5) is 5.82 Å². The highest BCUT2D eigenvalue weighted by Crippen LogP contribution is 2.15. The Morgan fingerprint density at radius 2 is 2.26 bits per heavy atom. The zero-order valence-electron chi connectivity index (χ0n) is 11.8. The summed E-state index contributed by atoms with van der Waals surface area (Å²) in [6, 6.07) is 9.05. The fourth-order valence-corrected chi connectivity index (χ4v) is 2.86. The number of nitrogens with one attached hydrogen (secondary N) is 1. The van der Waals surface area contributed by atoms with Gasteiger partial charge in [0.1, 0.15) is 5.82 Å². The smallest absolute Gasteiger partial charge is 0.125 e. The van der Waals surface area contributed by atoms with Crippen LogP contribution in [0.25, 0.3) is 0 Å². The van der Waals surface area contributed by atoms with Gasteiger partial charge in [-0.2, -0.15) is 0 Å². The van der Waals surface area contributed by atoms with Crippen molar-refractivity contribution in [2.24, 2.45) is 0 Å². The van der Waals surface area contributed by atoms with Crippen LogP contribution in [0.5, 0.6) is 0 Å². The molecule has 0 aliphatic heterocycles. The Bertz CT molecular complexity index is 496. The molecule has 1 N–H and O–H groups in total. The lowest BCUT2D eigenvalue weighted by molar-refractivity contribution is 0.249. The van der Waals surface area contributed by atoms with E-state index < -0.39 is 0 Å². The summed E-state index contributed by atoms with van der Waals surface area (Å²) in [5.41, 5.74) is 1.29. The van der Waals surface area contributed by atoms with Gasteiger partial charge < -0.3 is 5.32 Å². The zero-order chi connectivity index (χ0) is 13.7. The molecule has 0 bridgehead atoms. The molecule has 2 heterocycles. The zero-order valence-corrected chi connectivity index (χ0v) is 12.6. The largest absolute Gasteiger partial charge is 0.373 e. The maximum Gasteiger partial charge on any atom is 0.125 e. The summed E-state index contributed by atoms with van der Waals surface area (Å²) in [5, 5.41) is 5.22. The molecule has 0 amide bonds. The molecule has 1 unspecified atom stereocenters. The fraction of sp³-hybridized carbons (Fsp3) is 0.400. The quantitative estimate of drug-likeness (QED) is 0.877. The molecule has 4 heteroatoms. The number of likely N-dealkylation sites (N-methyl/N-ethyl adjacent to an activating group) is 1. The van der Waals surface area contributed by atoms with E-state index in [1.54, 1.807) is 0 Å². The van der Waals surface area contributed by atoms with Crippen molar-refractivity contribution >= 4 is 17.2 Å². The number of thiophene rings is 1. The summed E-state index contributed by atoms with van der Waals surface area (Å²) in [7, 11) is 4.08. The van der Waals surface area contributed by atoms with Crippen molar-refractivity contribution in [2.75, 3.05) is 19.4 Å². The lowest BCUT2D eigenvalue weighted by Gasteiger charge is -2.24. The van der Waals surface area contributed by atoms with Crippen molar-refractivity contribution < 1.29 is 0 Å². The summed E-state index contributed by atoms with van der Waals surface area (Å²) in [6.45, 7) is 3.23. The first-order chi connectivity index (χ1) is 9.19. The van der Waals surface area contributed by atoms with Gasteiger partial charge in [-0.3, -0.25) is 4.90 Å². The third-order valence-corrected chi connectivity index (χ3v) is 4.24. The molecule has 2 aromatic heterocycles. The first-order valence-corrected chi connectivity index (χ1v) is 7.42. The molecule has 0 spiro atoms. The van der Waals surface area contributed by atoms with E-state index in [1.165, 1.54) is 10.4 Å². The van der Waals surface area contributed by atoms with Gasteiger partial charge in [-0.1, -0.05) is 6.07 Å². The number of nitrogens with zero attached hydrogens (tertiary/aromatic N) is 2. The Kier molecular flexibility index (Phi) is 4.93. The Hall–Kier alpha value is -1.39. The number of rotatable bonds is 6. The van der Waals surface area contributed by atoms with Gasteiger partial charge >= 0.3 is 0 Å². The molecule has 0 saturated carbocycles. The van der Waals surface area contributed by atoms with Crippen LogP contribution in [0.2, 0.25) is 0 Å². The molecule has 0 aliphatic rings. The number of anilines is 1. The van der Waals surface area contributed by atoms with Gasteiger partial charge in [0.2, 0.25) is 0 Å². The third kappa shape index (κ3) is 4.04. The normalized spacial score (nSPS) is 12.6. The second-order valence-corrected chi connectivity index (χ2v) is 5.88. The number of pyridine rings is 1. The molecule has 0 radical (unpaired) electrons. The summed E-state index contributed by atoms with van der Waals surface area (Å²) in [6.07, 6.45) is 2.97. The van der Waals surface area contributed by atoms with Gasteiger partial charge in [-0.05, 0) is 49.5 Å². The predicted molar refractivity (Wildman–Crippen MR) is 82.7 cm³/mol. The van der Waals surface area contributed by atoms with Gasteiger partial charge in [-0.25, -0.2) is 4.98 Å². The van der Waals surface area contributed by atoms with Crippen molar-refractivity contribution in [2.45, 2.75) is 25.9 Å². The van der Waals surface area contributed by atoms with E-state index in [1.807, 2.05) is 24.6 Å². The summed E-state index contributed by atoms with van der Waals surface area (Å²) in [5.74, 6) is 0.928. The Morgan fingerprint density at radius 1 is 1.42 bits per heavy atom. The van der Waals surface area contributed by atoms with Crippen molar-refractivity contribution in [1.82, 2.24) is 9.88 Å². The average Bonchev–Trinajstić information content (AvgIpc) is 2.91. The summed E-state index contributed by atoms with van der Waals surface area (Å²) >= 11 is 1.83. The predicted octanol–water partition coefficient (Wildman–Crippen LogP) is 3.25. The van der Waals surface area contributed by atoms with E-state index in [2.05, 4.69) is 58.8 Å². The highest BCUT2D eigenvalue weighted by molar-refractivity contribution is 7.09. The standard InChI is InChI=1S/C15H21N3S/c1-12(9-14-5-4-8-19-14)18(3)11-13-6-7-17-15(10-13)16-2/h4-8,10,12H,9,11H2,1-3H3,(H,16,17). The molecule has 2 aromatic rings. The van der Waals surface area contributed by atoms with Crippen molar-refractivity contribution in [3.63, 3.8) is 0 Å².